The molecule has 0 spiro atoms. The third kappa shape index (κ3) is 2.30. The average molecular weight is 288 g/mol. The van der Waals surface area contributed by atoms with Gasteiger partial charge < -0.3 is 5.32 Å². The molecule has 0 aromatic heterocycles. The van der Waals surface area contributed by atoms with Crippen molar-refractivity contribution in [2.24, 2.45) is 0 Å². The number of halogens is 3. The molecule has 19 heavy (non-hydrogen) atoms. The minimum atomic E-state index is -1.22. The standard InChI is InChI=1S/C12H11F3N2OS/c1-12(7-4-8(14)6-9(15)5-7)10(19)17(3-2-13)11(18)16-12/h4-6H,2-3H2,1H3,(H,16,18). The van der Waals surface area contributed by atoms with Crippen molar-refractivity contribution in [2.75, 3.05) is 13.2 Å². The van der Waals surface area contributed by atoms with Crippen LogP contribution in [-0.2, 0) is 5.54 Å². The number of benzene rings is 1. The Kier molecular flexibility index (Phi) is 3.49. The van der Waals surface area contributed by atoms with Crippen LogP contribution in [0.2, 0.25) is 0 Å². The molecule has 1 aromatic carbocycles. The number of amides is 2. The van der Waals surface area contributed by atoms with E-state index in [4.69, 9.17) is 12.2 Å². The Balaban J connectivity index is 2.43. The Labute approximate surface area is 113 Å². The molecule has 3 nitrogen and oxygen atoms in total. The zero-order valence-corrected chi connectivity index (χ0v) is 10.9. The first-order chi connectivity index (χ1) is 8.88. The van der Waals surface area contributed by atoms with Gasteiger partial charge in [0, 0.05) is 6.07 Å². The van der Waals surface area contributed by atoms with Crippen LogP contribution in [0.1, 0.15) is 12.5 Å². The van der Waals surface area contributed by atoms with E-state index >= 15 is 0 Å². The number of thiocarbonyl (C=S) groups is 1. The van der Waals surface area contributed by atoms with Crippen molar-refractivity contribution >= 4 is 23.2 Å². The highest BCUT2D eigenvalue weighted by atomic mass is 32.1. The molecule has 2 amide bonds. The molecule has 1 aromatic rings. The lowest BCUT2D eigenvalue weighted by molar-refractivity contribution is 0.223. The van der Waals surface area contributed by atoms with Gasteiger partial charge in [-0.2, -0.15) is 0 Å². The summed E-state index contributed by atoms with van der Waals surface area (Å²) >= 11 is 5.12. The van der Waals surface area contributed by atoms with E-state index in [-0.39, 0.29) is 17.1 Å². The van der Waals surface area contributed by atoms with Crippen molar-refractivity contribution in [1.29, 1.82) is 0 Å². The lowest BCUT2D eigenvalue weighted by Gasteiger charge is -2.25. The van der Waals surface area contributed by atoms with Gasteiger partial charge in [-0.3, -0.25) is 4.90 Å². The van der Waals surface area contributed by atoms with Crippen LogP contribution < -0.4 is 5.32 Å². The van der Waals surface area contributed by atoms with Crippen LogP contribution in [0.3, 0.4) is 0 Å². The minimum Gasteiger partial charge on any atom is -0.322 e. The Morgan fingerprint density at radius 1 is 1.32 bits per heavy atom. The summed E-state index contributed by atoms with van der Waals surface area (Å²) < 4.78 is 38.9. The van der Waals surface area contributed by atoms with Crippen molar-refractivity contribution in [3.63, 3.8) is 0 Å². The van der Waals surface area contributed by atoms with E-state index < -0.39 is 29.9 Å². The summed E-state index contributed by atoms with van der Waals surface area (Å²) in [5.74, 6) is -1.53. The lowest BCUT2D eigenvalue weighted by Crippen LogP contribution is -2.40. The van der Waals surface area contributed by atoms with Crippen LogP contribution in [0.5, 0.6) is 0 Å². The minimum absolute atomic E-state index is 0.0974. The highest BCUT2D eigenvalue weighted by Crippen LogP contribution is 2.30. The van der Waals surface area contributed by atoms with Gasteiger partial charge in [0.05, 0.1) is 6.54 Å². The molecule has 1 heterocycles. The van der Waals surface area contributed by atoms with Crippen LogP contribution in [0, 0.1) is 11.6 Å². The normalized spacial score (nSPS) is 22.8. The predicted molar refractivity (Wildman–Crippen MR) is 67.5 cm³/mol. The first-order valence-corrected chi connectivity index (χ1v) is 5.96. The van der Waals surface area contributed by atoms with Crippen molar-refractivity contribution in [2.45, 2.75) is 12.5 Å². The molecule has 0 bridgehead atoms. The van der Waals surface area contributed by atoms with Crippen molar-refractivity contribution in [3.8, 4) is 0 Å². The second-order valence-corrected chi connectivity index (χ2v) is 4.75. The molecule has 0 aliphatic carbocycles. The lowest BCUT2D eigenvalue weighted by atomic mass is 9.92. The van der Waals surface area contributed by atoms with Gasteiger partial charge in [0.15, 0.2) is 0 Å². The molecule has 1 aliphatic rings. The van der Waals surface area contributed by atoms with Crippen LogP contribution >= 0.6 is 12.2 Å². The molecule has 7 heteroatoms. The van der Waals surface area contributed by atoms with E-state index in [9.17, 15) is 18.0 Å². The molecule has 1 fully saturated rings. The monoisotopic (exact) mass is 288 g/mol. The highest BCUT2D eigenvalue weighted by Gasteiger charge is 2.45. The number of nitrogens with one attached hydrogen (secondary N) is 1. The highest BCUT2D eigenvalue weighted by molar-refractivity contribution is 7.80. The summed E-state index contributed by atoms with van der Waals surface area (Å²) in [6.45, 7) is 0.596. The summed E-state index contributed by atoms with van der Waals surface area (Å²) in [7, 11) is 0. The molecular weight excluding hydrogens is 277 g/mol. The maximum Gasteiger partial charge on any atom is 0.323 e. The summed E-state index contributed by atoms with van der Waals surface area (Å²) in [5, 5.41) is 2.53. The van der Waals surface area contributed by atoms with Gasteiger partial charge in [0.1, 0.15) is 28.8 Å². The quantitative estimate of drug-likeness (QED) is 0.867. The number of carbonyl (C=O) groups is 1. The smallest absolute Gasteiger partial charge is 0.322 e. The number of hydrogen-bond acceptors (Lipinski definition) is 2. The second-order valence-electron chi connectivity index (χ2n) is 4.36. The summed E-state index contributed by atoms with van der Waals surface area (Å²) in [6, 6.07) is 2.34. The molecule has 2 rings (SSSR count). The predicted octanol–water partition coefficient (Wildman–Crippen LogP) is 2.50. The molecule has 1 N–H and O–H groups in total. The van der Waals surface area contributed by atoms with Gasteiger partial charge in [-0.1, -0.05) is 12.2 Å². The number of alkyl halides is 1. The molecule has 102 valence electrons. The summed E-state index contributed by atoms with van der Waals surface area (Å²) in [4.78, 5) is 12.9. The summed E-state index contributed by atoms with van der Waals surface area (Å²) in [6.07, 6.45) is 0. The third-order valence-electron chi connectivity index (χ3n) is 3.02. The second kappa shape index (κ2) is 4.80. The van der Waals surface area contributed by atoms with E-state index in [2.05, 4.69) is 5.32 Å². The largest absolute Gasteiger partial charge is 0.323 e. The maximum absolute atomic E-state index is 13.3. The molecule has 0 saturated carbocycles. The number of carbonyl (C=O) groups excluding carboxylic acids is 1. The molecule has 1 atom stereocenters. The van der Waals surface area contributed by atoms with E-state index in [1.807, 2.05) is 0 Å². The van der Waals surface area contributed by atoms with E-state index in [1.54, 1.807) is 0 Å². The van der Waals surface area contributed by atoms with Gasteiger partial charge in [-0.15, -0.1) is 0 Å². The Bertz CT molecular complexity index is 532. The summed E-state index contributed by atoms with van der Waals surface area (Å²) in [5.41, 5.74) is -1.03. The number of nitrogens with zero attached hydrogens (tertiary/aromatic N) is 1. The van der Waals surface area contributed by atoms with Gasteiger partial charge in [-0.25, -0.2) is 18.0 Å². The van der Waals surface area contributed by atoms with E-state index in [0.29, 0.717) is 0 Å². The van der Waals surface area contributed by atoms with Crippen LogP contribution in [0.4, 0.5) is 18.0 Å². The molecule has 1 aliphatic heterocycles. The van der Waals surface area contributed by atoms with Crippen LogP contribution in [0.25, 0.3) is 0 Å². The number of urea groups is 1. The fourth-order valence-electron chi connectivity index (χ4n) is 2.02. The van der Waals surface area contributed by atoms with Crippen LogP contribution in [-0.4, -0.2) is 29.1 Å². The van der Waals surface area contributed by atoms with Crippen LogP contribution in [0.15, 0.2) is 18.2 Å². The number of hydrogen-bond donors (Lipinski definition) is 1. The van der Waals surface area contributed by atoms with Gasteiger partial charge in [0.2, 0.25) is 0 Å². The first-order valence-electron chi connectivity index (χ1n) is 5.55. The Morgan fingerprint density at radius 3 is 2.42 bits per heavy atom. The Morgan fingerprint density at radius 2 is 1.89 bits per heavy atom. The van der Waals surface area contributed by atoms with Gasteiger partial charge in [0.25, 0.3) is 0 Å². The fourth-order valence-corrected chi connectivity index (χ4v) is 2.37. The van der Waals surface area contributed by atoms with E-state index in [1.165, 1.54) is 6.92 Å². The topological polar surface area (TPSA) is 32.3 Å². The average Bonchev–Trinajstić information content (AvgIpc) is 2.53. The SMILES string of the molecule is CC1(c2cc(F)cc(F)c2)NC(=O)N(CCF)C1=S. The zero-order valence-electron chi connectivity index (χ0n) is 10.0. The zero-order chi connectivity index (χ0) is 14.2. The maximum atomic E-state index is 13.3. The fraction of sp³-hybridized carbons (Fsp3) is 0.333. The van der Waals surface area contributed by atoms with E-state index in [0.717, 1.165) is 23.1 Å². The van der Waals surface area contributed by atoms with Crippen molar-refractivity contribution in [3.05, 3.63) is 35.4 Å². The molecule has 1 unspecified atom stereocenters. The molecule has 1 saturated heterocycles. The van der Waals surface area contributed by atoms with Crippen molar-refractivity contribution < 1.29 is 18.0 Å². The molecular formula is C12H11F3N2OS. The Hall–Kier alpha value is -1.63. The van der Waals surface area contributed by atoms with Crippen molar-refractivity contribution in [1.82, 2.24) is 10.2 Å². The first kappa shape index (κ1) is 13.8. The molecule has 0 radical (unpaired) electrons. The van der Waals surface area contributed by atoms with Gasteiger partial charge >= 0.3 is 6.03 Å². The number of rotatable bonds is 3. The third-order valence-corrected chi connectivity index (χ3v) is 3.65. The van der Waals surface area contributed by atoms with Gasteiger partial charge in [-0.05, 0) is 24.6 Å².